The number of benzene rings is 1. The van der Waals surface area contributed by atoms with Crippen LogP contribution in [-0.4, -0.2) is 26.1 Å². The minimum absolute atomic E-state index is 0.477. The van der Waals surface area contributed by atoms with Gasteiger partial charge in [0.05, 0.1) is 14.2 Å². The predicted octanol–water partition coefficient (Wildman–Crippen LogP) is 0.807. The summed E-state index contributed by atoms with van der Waals surface area (Å²) in [5.41, 5.74) is 0.477. The largest absolute Gasteiger partial charge is 0.497 e. The molecule has 0 aromatic heterocycles. The average Bonchev–Trinajstić information content (AvgIpc) is 2.28. The van der Waals surface area contributed by atoms with Crippen LogP contribution in [0.2, 0.25) is 0 Å². The molecule has 1 aromatic carbocycles. The summed E-state index contributed by atoms with van der Waals surface area (Å²) >= 11 is 0. The number of nitrogens with one attached hydrogen (secondary N) is 1. The molecule has 5 nitrogen and oxygen atoms in total. The Balaban J connectivity index is 2.72. The van der Waals surface area contributed by atoms with Crippen LogP contribution in [0.1, 0.15) is 0 Å². The van der Waals surface area contributed by atoms with Gasteiger partial charge in [-0.05, 0) is 12.1 Å². The first-order valence-corrected chi connectivity index (χ1v) is 4.20. The zero-order valence-corrected chi connectivity index (χ0v) is 8.44. The SMILES string of the molecule is COC(=O)C(=O)Nc1cccc(OC)c1. The molecule has 1 aromatic rings. The number of ether oxygens (including phenoxy) is 2. The molecule has 5 heteroatoms. The topological polar surface area (TPSA) is 64.6 Å². The van der Waals surface area contributed by atoms with Crippen molar-refractivity contribution < 1.29 is 19.1 Å². The van der Waals surface area contributed by atoms with Gasteiger partial charge in [0.25, 0.3) is 0 Å². The molecule has 0 spiro atoms. The lowest BCUT2D eigenvalue weighted by molar-refractivity contribution is -0.150. The molecule has 15 heavy (non-hydrogen) atoms. The first-order valence-electron chi connectivity index (χ1n) is 4.20. The summed E-state index contributed by atoms with van der Waals surface area (Å²) in [6.07, 6.45) is 0. The molecule has 0 saturated carbocycles. The second kappa shape index (κ2) is 4.99. The lowest BCUT2D eigenvalue weighted by Gasteiger charge is -2.05. The molecule has 80 valence electrons. The van der Waals surface area contributed by atoms with Crippen molar-refractivity contribution in [3.8, 4) is 5.75 Å². The molecule has 0 atom stereocenters. The fourth-order valence-electron chi connectivity index (χ4n) is 0.976. The average molecular weight is 209 g/mol. The Morgan fingerprint density at radius 1 is 1.27 bits per heavy atom. The van der Waals surface area contributed by atoms with Crippen LogP contribution in [0.5, 0.6) is 5.75 Å². The van der Waals surface area contributed by atoms with Crippen molar-refractivity contribution in [2.24, 2.45) is 0 Å². The number of methoxy groups -OCH3 is 2. The van der Waals surface area contributed by atoms with E-state index in [-0.39, 0.29) is 0 Å². The molecule has 0 aliphatic rings. The number of esters is 1. The van der Waals surface area contributed by atoms with Crippen molar-refractivity contribution in [2.45, 2.75) is 0 Å². The number of amides is 1. The van der Waals surface area contributed by atoms with Crippen molar-refractivity contribution in [3.05, 3.63) is 24.3 Å². The normalized spacial score (nSPS) is 9.20. The Hall–Kier alpha value is -2.04. The zero-order chi connectivity index (χ0) is 11.3. The van der Waals surface area contributed by atoms with Crippen molar-refractivity contribution in [1.82, 2.24) is 0 Å². The summed E-state index contributed by atoms with van der Waals surface area (Å²) < 4.78 is 9.21. The van der Waals surface area contributed by atoms with E-state index in [1.807, 2.05) is 0 Å². The highest BCUT2D eigenvalue weighted by Gasteiger charge is 2.13. The Kier molecular flexibility index (Phi) is 3.68. The number of hydrogen-bond acceptors (Lipinski definition) is 4. The molecule has 0 aliphatic heterocycles. The molecule has 0 aliphatic carbocycles. The van der Waals surface area contributed by atoms with E-state index in [1.54, 1.807) is 24.3 Å². The number of hydrogen-bond donors (Lipinski definition) is 1. The molecule has 0 radical (unpaired) electrons. The number of rotatable bonds is 2. The number of carbonyl (C=O) groups excluding carboxylic acids is 2. The molecule has 0 heterocycles. The van der Waals surface area contributed by atoms with Crippen LogP contribution >= 0.6 is 0 Å². The van der Waals surface area contributed by atoms with Crippen molar-refractivity contribution in [2.75, 3.05) is 19.5 Å². The molecule has 1 amide bonds. The Labute approximate surface area is 87.0 Å². The van der Waals surface area contributed by atoms with Crippen LogP contribution in [0, 0.1) is 0 Å². The first-order chi connectivity index (χ1) is 7.17. The smallest absolute Gasteiger partial charge is 0.396 e. The third-order valence-electron chi connectivity index (χ3n) is 1.70. The zero-order valence-electron chi connectivity index (χ0n) is 8.44. The number of anilines is 1. The maximum absolute atomic E-state index is 11.1. The van der Waals surface area contributed by atoms with E-state index in [9.17, 15) is 9.59 Å². The van der Waals surface area contributed by atoms with E-state index < -0.39 is 11.9 Å². The van der Waals surface area contributed by atoms with Gasteiger partial charge in [0.15, 0.2) is 0 Å². The summed E-state index contributed by atoms with van der Waals surface area (Å²) in [4.78, 5) is 21.9. The summed E-state index contributed by atoms with van der Waals surface area (Å²) in [6.45, 7) is 0. The standard InChI is InChI=1S/C10H11NO4/c1-14-8-5-3-4-7(6-8)11-9(12)10(13)15-2/h3-6H,1-2H3,(H,11,12). The lowest BCUT2D eigenvalue weighted by Crippen LogP contribution is -2.23. The molecular weight excluding hydrogens is 198 g/mol. The van der Waals surface area contributed by atoms with E-state index in [2.05, 4.69) is 10.1 Å². The van der Waals surface area contributed by atoms with Crippen LogP contribution in [0.15, 0.2) is 24.3 Å². The van der Waals surface area contributed by atoms with Crippen LogP contribution < -0.4 is 10.1 Å². The molecular formula is C10H11NO4. The molecule has 1 rings (SSSR count). The number of carbonyl (C=O) groups is 2. The van der Waals surface area contributed by atoms with Crippen LogP contribution in [0.3, 0.4) is 0 Å². The van der Waals surface area contributed by atoms with Gasteiger partial charge < -0.3 is 14.8 Å². The fraction of sp³-hybridized carbons (Fsp3) is 0.200. The van der Waals surface area contributed by atoms with Crippen molar-refractivity contribution >= 4 is 17.6 Å². The van der Waals surface area contributed by atoms with E-state index in [0.717, 1.165) is 7.11 Å². The molecule has 1 N–H and O–H groups in total. The van der Waals surface area contributed by atoms with Gasteiger partial charge >= 0.3 is 11.9 Å². The predicted molar refractivity (Wildman–Crippen MR) is 53.6 cm³/mol. The maximum atomic E-state index is 11.1. The third kappa shape index (κ3) is 2.98. The lowest BCUT2D eigenvalue weighted by atomic mass is 10.3. The summed E-state index contributed by atoms with van der Waals surface area (Å²) in [5.74, 6) is -1.15. The van der Waals surface area contributed by atoms with Gasteiger partial charge in [-0.3, -0.25) is 4.79 Å². The van der Waals surface area contributed by atoms with Crippen LogP contribution in [-0.2, 0) is 14.3 Å². The Morgan fingerprint density at radius 3 is 2.60 bits per heavy atom. The highest BCUT2D eigenvalue weighted by Crippen LogP contribution is 2.16. The second-order valence-electron chi connectivity index (χ2n) is 2.68. The summed E-state index contributed by atoms with van der Waals surface area (Å²) in [7, 11) is 2.66. The molecule has 0 saturated heterocycles. The van der Waals surface area contributed by atoms with Crippen molar-refractivity contribution in [1.29, 1.82) is 0 Å². The van der Waals surface area contributed by atoms with E-state index >= 15 is 0 Å². The van der Waals surface area contributed by atoms with Crippen molar-refractivity contribution in [3.63, 3.8) is 0 Å². The highest BCUT2D eigenvalue weighted by atomic mass is 16.5. The minimum atomic E-state index is -0.933. The van der Waals surface area contributed by atoms with Gasteiger partial charge in [-0.25, -0.2) is 4.79 Å². The first kappa shape index (κ1) is 11.0. The van der Waals surface area contributed by atoms with Gasteiger partial charge in [0, 0.05) is 11.8 Å². The third-order valence-corrected chi connectivity index (χ3v) is 1.70. The quantitative estimate of drug-likeness (QED) is 0.578. The molecule has 0 bridgehead atoms. The monoisotopic (exact) mass is 209 g/mol. The molecule has 0 unspecified atom stereocenters. The van der Waals surface area contributed by atoms with E-state index in [4.69, 9.17) is 4.74 Å². The van der Waals surface area contributed by atoms with E-state index in [0.29, 0.717) is 11.4 Å². The van der Waals surface area contributed by atoms with E-state index in [1.165, 1.54) is 7.11 Å². The maximum Gasteiger partial charge on any atom is 0.396 e. The second-order valence-corrected chi connectivity index (χ2v) is 2.68. The summed E-state index contributed by atoms with van der Waals surface area (Å²) in [5, 5.41) is 2.37. The van der Waals surface area contributed by atoms with Gasteiger partial charge in [-0.1, -0.05) is 6.07 Å². The van der Waals surface area contributed by atoms with Gasteiger partial charge in [0.2, 0.25) is 0 Å². The Bertz CT molecular complexity index is 375. The highest BCUT2D eigenvalue weighted by molar-refractivity contribution is 6.37. The van der Waals surface area contributed by atoms with Crippen LogP contribution in [0.25, 0.3) is 0 Å². The minimum Gasteiger partial charge on any atom is -0.497 e. The van der Waals surface area contributed by atoms with Gasteiger partial charge in [-0.15, -0.1) is 0 Å². The fourth-order valence-corrected chi connectivity index (χ4v) is 0.976. The van der Waals surface area contributed by atoms with Gasteiger partial charge in [-0.2, -0.15) is 0 Å². The molecule has 0 fully saturated rings. The van der Waals surface area contributed by atoms with Crippen LogP contribution in [0.4, 0.5) is 5.69 Å². The Morgan fingerprint density at radius 2 is 2.00 bits per heavy atom. The summed E-state index contributed by atoms with van der Waals surface area (Å²) in [6, 6.07) is 6.67. The van der Waals surface area contributed by atoms with Gasteiger partial charge in [0.1, 0.15) is 5.75 Å².